The first kappa shape index (κ1) is 18.7. The summed E-state index contributed by atoms with van der Waals surface area (Å²) in [4.78, 5) is 17.3. The van der Waals surface area contributed by atoms with Gasteiger partial charge in [0.05, 0.1) is 16.1 Å². The lowest BCUT2D eigenvalue weighted by Crippen LogP contribution is -2.48. The van der Waals surface area contributed by atoms with Gasteiger partial charge in [-0.05, 0) is 47.6 Å². The summed E-state index contributed by atoms with van der Waals surface area (Å²) in [6, 6.07) is 7.27. The van der Waals surface area contributed by atoms with Gasteiger partial charge in [0.2, 0.25) is 0 Å². The van der Waals surface area contributed by atoms with Crippen LogP contribution in [0.4, 0.5) is 0 Å². The van der Waals surface area contributed by atoms with Crippen LogP contribution in [0.25, 0.3) is 0 Å². The molecule has 7 heteroatoms. The maximum absolute atomic E-state index is 12.5. The van der Waals surface area contributed by atoms with Gasteiger partial charge in [0, 0.05) is 38.3 Å². The van der Waals surface area contributed by atoms with Crippen molar-refractivity contribution in [2.24, 2.45) is 0 Å². The average Bonchev–Trinajstić information content (AvgIpc) is 3.13. The Labute approximate surface area is 162 Å². The molecule has 1 atom stereocenters. The van der Waals surface area contributed by atoms with Gasteiger partial charge in [0.1, 0.15) is 0 Å². The summed E-state index contributed by atoms with van der Waals surface area (Å²) in [5, 5.41) is 8.14. The molecule has 25 heavy (non-hydrogen) atoms. The molecule has 1 amide bonds. The second kappa shape index (κ2) is 8.52. The third-order valence-corrected chi connectivity index (χ3v) is 5.98. The molecule has 134 valence electrons. The zero-order valence-corrected chi connectivity index (χ0v) is 16.4. The molecule has 0 spiro atoms. The summed E-state index contributed by atoms with van der Waals surface area (Å²) in [6.07, 6.45) is 0. The predicted molar refractivity (Wildman–Crippen MR) is 105 cm³/mol. The molecule has 2 heterocycles. The van der Waals surface area contributed by atoms with Crippen LogP contribution in [-0.4, -0.2) is 55.5 Å². The van der Waals surface area contributed by atoms with E-state index in [1.165, 1.54) is 5.56 Å². The first-order valence-electron chi connectivity index (χ1n) is 8.22. The Bertz CT molecular complexity index is 715. The normalized spacial score (nSPS) is 17.4. The number of rotatable bonds is 5. The van der Waals surface area contributed by atoms with Crippen molar-refractivity contribution in [1.82, 2.24) is 15.1 Å². The number of piperazine rings is 1. The lowest BCUT2D eigenvalue weighted by Gasteiger charge is -2.38. The van der Waals surface area contributed by atoms with E-state index in [0.717, 1.165) is 26.2 Å². The molecule has 1 aliphatic heterocycles. The van der Waals surface area contributed by atoms with Crippen molar-refractivity contribution >= 4 is 40.4 Å². The SMILES string of the molecule is CN1CCN([C@@H](CNC(=O)c2ccc(Cl)c(Cl)c2)c2ccsc2)CC1. The number of likely N-dealkylation sites (N-methyl/N-ethyl adjacent to an activating group) is 1. The molecule has 0 aliphatic carbocycles. The van der Waals surface area contributed by atoms with E-state index >= 15 is 0 Å². The lowest BCUT2D eigenvalue weighted by atomic mass is 10.1. The molecule has 0 bridgehead atoms. The van der Waals surface area contributed by atoms with Crippen LogP contribution in [-0.2, 0) is 0 Å². The molecule has 0 radical (unpaired) electrons. The lowest BCUT2D eigenvalue weighted by molar-refractivity contribution is 0.0887. The smallest absolute Gasteiger partial charge is 0.251 e. The molecule has 1 fully saturated rings. The number of halogens is 2. The number of hydrogen-bond acceptors (Lipinski definition) is 4. The number of thiophene rings is 1. The van der Waals surface area contributed by atoms with E-state index in [0.29, 0.717) is 22.2 Å². The highest BCUT2D eigenvalue weighted by molar-refractivity contribution is 7.08. The molecule has 1 aromatic carbocycles. The van der Waals surface area contributed by atoms with Crippen molar-refractivity contribution in [3.05, 3.63) is 56.2 Å². The Kier molecular flexibility index (Phi) is 6.36. The fourth-order valence-corrected chi connectivity index (χ4v) is 3.99. The van der Waals surface area contributed by atoms with Crippen LogP contribution in [0.1, 0.15) is 22.0 Å². The molecule has 4 nitrogen and oxygen atoms in total. The van der Waals surface area contributed by atoms with E-state index in [4.69, 9.17) is 23.2 Å². The van der Waals surface area contributed by atoms with Crippen molar-refractivity contribution in [1.29, 1.82) is 0 Å². The maximum Gasteiger partial charge on any atom is 0.251 e. The van der Waals surface area contributed by atoms with Crippen LogP contribution in [0.5, 0.6) is 0 Å². The van der Waals surface area contributed by atoms with Crippen molar-refractivity contribution in [3.8, 4) is 0 Å². The van der Waals surface area contributed by atoms with Gasteiger partial charge in [-0.15, -0.1) is 0 Å². The molecule has 1 saturated heterocycles. The first-order chi connectivity index (χ1) is 12.0. The maximum atomic E-state index is 12.5. The van der Waals surface area contributed by atoms with Crippen LogP contribution < -0.4 is 5.32 Å². The van der Waals surface area contributed by atoms with E-state index < -0.39 is 0 Å². The zero-order valence-electron chi connectivity index (χ0n) is 14.0. The molecule has 3 rings (SSSR count). The Morgan fingerprint density at radius 2 is 1.96 bits per heavy atom. The number of hydrogen-bond donors (Lipinski definition) is 1. The van der Waals surface area contributed by atoms with Gasteiger partial charge in [-0.25, -0.2) is 0 Å². The molecule has 1 aromatic heterocycles. The first-order valence-corrected chi connectivity index (χ1v) is 9.92. The van der Waals surface area contributed by atoms with Gasteiger partial charge >= 0.3 is 0 Å². The highest BCUT2D eigenvalue weighted by atomic mass is 35.5. The van der Waals surface area contributed by atoms with Crippen molar-refractivity contribution in [2.75, 3.05) is 39.8 Å². The fourth-order valence-electron chi connectivity index (χ4n) is 2.98. The Hall–Kier alpha value is -1.11. The Morgan fingerprint density at radius 3 is 2.60 bits per heavy atom. The number of carbonyl (C=O) groups excluding carboxylic acids is 1. The van der Waals surface area contributed by atoms with Crippen molar-refractivity contribution in [2.45, 2.75) is 6.04 Å². The third-order valence-electron chi connectivity index (χ3n) is 4.54. The second-order valence-corrected chi connectivity index (χ2v) is 7.85. The highest BCUT2D eigenvalue weighted by Crippen LogP contribution is 2.25. The van der Waals surface area contributed by atoms with Crippen LogP contribution >= 0.6 is 34.5 Å². The molecule has 1 N–H and O–H groups in total. The largest absolute Gasteiger partial charge is 0.350 e. The molecule has 2 aromatic rings. The summed E-state index contributed by atoms with van der Waals surface area (Å²) >= 11 is 13.6. The van der Waals surface area contributed by atoms with E-state index in [1.807, 2.05) is 0 Å². The van der Waals surface area contributed by atoms with Crippen LogP contribution in [0.2, 0.25) is 10.0 Å². The molecule has 0 saturated carbocycles. The van der Waals surface area contributed by atoms with E-state index in [1.54, 1.807) is 29.5 Å². The van der Waals surface area contributed by atoms with Crippen LogP contribution in [0.15, 0.2) is 35.0 Å². The minimum absolute atomic E-state index is 0.132. The quantitative estimate of drug-likeness (QED) is 0.833. The molecular weight excluding hydrogens is 377 g/mol. The zero-order chi connectivity index (χ0) is 17.8. The van der Waals surface area contributed by atoms with Crippen LogP contribution in [0.3, 0.4) is 0 Å². The molecule has 0 unspecified atom stereocenters. The third kappa shape index (κ3) is 4.74. The van der Waals surface area contributed by atoms with Gasteiger partial charge in [-0.3, -0.25) is 9.69 Å². The highest BCUT2D eigenvalue weighted by Gasteiger charge is 2.24. The monoisotopic (exact) mass is 397 g/mol. The van der Waals surface area contributed by atoms with E-state index in [9.17, 15) is 4.79 Å². The number of nitrogens with one attached hydrogen (secondary N) is 1. The molecule has 1 aliphatic rings. The minimum atomic E-state index is -0.132. The average molecular weight is 398 g/mol. The summed E-state index contributed by atoms with van der Waals surface area (Å²) in [5.41, 5.74) is 1.78. The van der Waals surface area contributed by atoms with E-state index in [-0.39, 0.29) is 11.9 Å². The van der Waals surface area contributed by atoms with Crippen LogP contribution in [0, 0.1) is 0 Å². The second-order valence-electron chi connectivity index (χ2n) is 6.25. The van der Waals surface area contributed by atoms with Gasteiger partial charge in [0.25, 0.3) is 5.91 Å². The summed E-state index contributed by atoms with van der Waals surface area (Å²) < 4.78 is 0. The number of carbonyl (C=O) groups is 1. The fraction of sp³-hybridized carbons (Fsp3) is 0.389. The summed E-state index contributed by atoms with van der Waals surface area (Å²) in [6.45, 7) is 4.65. The molecular formula is C18H21Cl2N3OS. The number of benzene rings is 1. The number of nitrogens with zero attached hydrogens (tertiary/aromatic N) is 2. The van der Waals surface area contributed by atoms with Crippen molar-refractivity contribution < 1.29 is 4.79 Å². The summed E-state index contributed by atoms with van der Waals surface area (Å²) in [5.74, 6) is -0.132. The van der Waals surface area contributed by atoms with E-state index in [2.05, 4.69) is 39.0 Å². The topological polar surface area (TPSA) is 35.6 Å². The Morgan fingerprint density at radius 1 is 1.20 bits per heavy atom. The standard InChI is InChI=1S/C18H21Cl2N3OS/c1-22-5-7-23(8-6-22)17(14-4-9-25-12-14)11-21-18(24)13-2-3-15(19)16(20)10-13/h2-4,9-10,12,17H,5-8,11H2,1H3,(H,21,24)/t17-/m0/s1. The van der Waals surface area contributed by atoms with Crippen molar-refractivity contribution in [3.63, 3.8) is 0 Å². The number of amides is 1. The minimum Gasteiger partial charge on any atom is -0.350 e. The Balaban J connectivity index is 1.68. The predicted octanol–water partition coefficient (Wildman–Crippen LogP) is 3.77. The summed E-state index contributed by atoms with van der Waals surface area (Å²) in [7, 11) is 2.14. The van der Waals surface area contributed by atoms with Gasteiger partial charge in [-0.1, -0.05) is 23.2 Å². The van der Waals surface area contributed by atoms with Gasteiger partial charge in [0.15, 0.2) is 0 Å². The van der Waals surface area contributed by atoms with Gasteiger partial charge < -0.3 is 10.2 Å². The van der Waals surface area contributed by atoms with Gasteiger partial charge in [-0.2, -0.15) is 11.3 Å².